The summed E-state index contributed by atoms with van der Waals surface area (Å²) in [4.78, 5) is 16.4. The van der Waals surface area contributed by atoms with E-state index >= 15 is 0 Å². The van der Waals surface area contributed by atoms with Crippen molar-refractivity contribution in [1.82, 2.24) is 29.4 Å². The third-order valence-electron chi connectivity index (χ3n) is 5.51. The lowest BCUT2D eigenvalue weighted by atomic mass is 10.1. The van der Waals surface area contributed by atoms with Gasteiger partial charge in [0.2, 0.25) is 10.0 Å². The lowest BCUT2D eigenvalue weighted by molar-refractivity contribution is 0.245. The average molecular weight is 479 g/mol. The van der Waals surface area contributed by atoms with Gasteiger partial charge < -0.3 is 5.32 Å². The number of hydrogen-bond donors (Lipinski definition) is 2. The maximum atomic E-state index is 12.6. The van der Waals surface area contributed by atoms with E-state index in [1.165, 1.54) is 0 Å². The van der Waals surface area contributed by atoms with Crippen molar-refractivity contribution >= 4 is 38.7 Å². The first-order valence-corrected chi connectivity index (χ1v) is 12.8. The van der Waals surface area contributed by atoms with Gasteiger partial charge in [0, 0.05) is 42.9 Å². The summed E-state index contributed by atoms with van der Waals surface area (Å²) in [6.07, 6.45) is 7.49. The SMILES string of the molecule is CCCCNC(=O)NS(=O)(=O)CCc1c(C2CC2)nn(C)c1-n1ccc2cc(Cl)cnc21. The molecular weight excluding hydrogens is 452 g/mol. The fourth-order valence-electron chi connectivity index (χ4n) is 3.82. The number of urea groups is 1. The maximum absolute atomic E-state index is 12.6. The van der Waals surface area contributed by atoms with Crippen molar-refractivity contribution in [3.8, 4) is 5.82 Å². The quantitative estimate of drug-likeness (QED) is 0.458. The lowest BCUT2D eigenvalue weighted by Crippen LogP contribution is -2.41. The molecule has 3 aromatic rings. The summed E-state index contributed by atoms with van der Waals surface area (Å²) in [5, 5.41) is 8.72. The van der Waals surface area contributed by atoms with Crippen LogP contribution in [-0.4, -0.2) is 46.1 Å². The molecule has 0 bridgehead atoms. The first-order chi connectivity index (χ1) is 15.3. The van der Waals surface area contributed by atoms with E-state index in [1.807, 2.05) is 36.9 Å². The second kappa shape index (κ2) is 9.11. The molecule has 0 spiro atoms. The van der Waals surface area contributed by atoms with Gasteiger partial charge in [-0.1, -0.05) is 24.9 Å². The molecule has 0 aliphatic heterocycles. The Balaban J connectivity index is 1.60. The number of sulfonamides is 1. The summed E-state index contributed by atoms with van der Waals surface area (Å²) in [5.41, 5.74) is 2.50. The summed E-state index contributed by atoms with van der Waals surface area (Å²) in [7, 11) is -1.96. The minimum absolute atomic E-state index is 0.217. The average Bonchev–Trinajstić information content (AvgIpc) is 3.41. The van der Waals surface area contributed by atoms with Gasteiger partial charge in [-0.2, -0.15) is 5.10 Å². The number of nitrogens with zero attached hydrogens (tertiary/aromatic N) is 4. The van der Waals surface area contributed by atoms with Crippen LogP contribution in [0.2, 0.25) is 5.02 Å². The first-order valence-electron chi connectivity index (χ1n) is 10.8. The van der Waals surface area contributed by atoms with Crippen LogP contribution in [0.15, 0.2) is 24.5 Å². The summed E-state index contributed by atoms with van der Waals surface area (Å²) >= 11 is 6.08. The molecule has 172 valence electrons. The molecule has 11 heteroatoms. The number of unbranched alkanes of at least 4 members (excludes halogenated alkanes) is 1. The van der Waals surface area contributed by atoms with Crippen LogP contribution in [0.5, 0.6) is 0 Å². The van der Waals surface area contributed by atoms with Gasteiger partial charge in [0.25, 0.3) is 0 Å². The largest absolute Gasteiger partial charge is 0.337 e. The molecule has 1 saturated carbocycles. The van der Waals surface area contributed by atoms with Crippen LogP contribution in [0.25, 0.3) is 16.9 Å². The number of amides is 2. The molecule has 32 heavy (non-hydrogen) atoms. The Morgan fingerprint density at radius 1 is 1.34 bits per heavy atom. The van der Waals surface area contributed by atoms with Crippen molar-refractivity contribution in [2.24, 2.45) is 7.05 Å². The molecule has 1 aliphatic rings. The van der Waals surface area contributed by atoms with Crippen molar-refractivity contribution < 1.29 is 13.2 Å². The van der Waals surface area contributed by atoms with Crippen LogP contribution in [-0.2, 0) is 23.5 Å². The van der Waals surface area contributed by atoms with Crippen LogP contribution < -0.4 is 10.0 Å². The number of halogens is 1. The number of carbonyl (C=O) groups excluding carboxylic acids is 1. The molecule has 0 aromatic carbocycles. The summed E-state index contributed by atoms with van der Waals surface area (Å²) in [5.74, 6) is 0.895. The predicted molar refractivity (Wildman–Crippen MR) is 124 cm³/mol. The van der Waals surface area contributed by atoms with E-state index in [9.17, 15) is 13.2 Å². The Hall–Kier alpha value is -2.59. The Labute approximate surface area is 192 Å². The van der Waals surface area contributed by atoms with Gasteiger partial charge in [0.1, 0.15) is 11.5 Å². The number of fused-ring (bicyclic) bond motifs is 1. The number of aromatic nitrogens is 4. The van der Waals surface area contributed by atoms with E-state index in [2.05, 4.69) is 15.0 Å². The maximum Gasteiger partial charge on any atom is 0.328 e. The molecule has 3 heterocycles. The van der Waals surface area contributed by atoms with Crippen molar-refractivity contribution in [3.63, 3.8) is 0 Å². The Bertz CT molecular complexity index is 1250. The third kappa shape index (κ3) is 4.91. The topological polar surface area (TPSA) is 111 Å². The van der Waals surface area contributed by atoms with Gasteiger partial charge in [-0.25, -0.2) is 22.9 Å². The minimum atomic E-state index is -3.80. The van der Waals surface area contributed by atoms with Crippen LogP contribution in [0.4, 0.5) is 4.79 Å². The normalized spacial score (nSPS) is 14.1. The number of carbonyl (C=O) groups is 1. The highest BCUT2D eigenvalue weighted by Crippen LogP contribution is 2.42. The van der Waals surface area contributed by atoms with Crippen LogP contribution >= 0.6 is 11.6 Å². The van der Waals surface area contributed by atoms with E-state index in [0.29, 0.717) is 17.5 Å². The van der Waals surface area contributed by atoms with Crippen LogP contribution in [0.1, 0.15) is 49.8 Å². The second-order valence-electron chi connectivity index (χ2n) is 8.12. The fourth-order valence-corrected chi connectivity index (χ4v) is 4.91. The molecule has 9 nitrogen and oxygen atoms in total. The molecule has 2 N–H and O–H groups in total. The molecule has 2 amide bonds. The van der Waals surface area contributed by atoms with Crippen molar-refractivity contribution in [2.45, 2.75) is 44.9 Å². The highest BCUT2D eigenvalue weighted by atomic mass is 35.5. The highest BCUT2D eigenvalue weighted by Gasteiger charge is 2.32. The van der Waals surface area contributed by atoms with Gasteiger partial charge in [0.05, 0.1) is 16.5 Å². The standard InChI is InChI=1S/C21H27ClN6O3S/c1-3-4-9-23-21(29)26-32(30,31)11-8-17-18(14-5-6-14)25-27(2)20(17)28-10-7-15-12-16(22)13-24-19(15)28/h7,10,12-14H,3-6,8-9,11H2,1-2H3,(H2,23,26,29). The number of aryl methyl sites for hydroxylation is 1. The molecule has 1 fully saturated rings. The highest BCUT2D eigenvalue weighted by molar-refractivity contribution is 7.90. The van der Waals surface area contributed by atoms with Gasteiger partial charge in [-0.15, -0.1) is 0 Å². The molecule has 0 radical (unpaired) electrons. The molecular formula is C21H27ClN6O3S. The first kappa shape index (κ1) is 22.6. The number of pyridine rings is 1. The zero-order chi connectivity index (χ0) is 22.9. The molecule has 0 unspecified atom stereocenters. The molecule has 0 atom stereocenters. The molecule has 3 aromatic heterocycles. The smallest absolute Gasteiger partial charge is 0.328 e. The van der Waals surface area contributed by atoms with Crippen molar-refractivity contribution in [2.75, 3.05) is 12.3 Å². The fraction of sp³-hybridized carbons (Fsp3) is 0.476. The number of rotatable bonds is 9. The third-order valence-corrected chi connectivity index (χ3v) is 6.96. The van der Waals surface area contributed by atoms with E-state index in [0.717, 1.165) is 53.8 Å². The lowest BCUT2D eigenvalue weighted by Gasteiger charge is -2.11. The van der Waals surface area contributed by atoms with Crippen LogP contribution in [0, 0.1) is 0 Å². The molecule has 1 aliphatic carbocycles. The second-order valence-corrected chi connectivity index (χ2v) is 10.4. The van der Waals surface area contributed by atoms with Gasteiger partial charge in [-0.3, -0.25) is 9.25 Å². The van der Waals surface area contributed by atoms with E-state index in [-0.39, 0.29) is 12.2 Å². The van der Waals surface area contributed by atoms with Gasteiger partial charge >= 0.3 is 6.03 Å². The number of hydrogen-bond acceptors (Lipinski definition) is 5. The summed E-state index contributed by atoms with van der Waals surface area (Å²) < 4.78 is 30.9. The zero-order valence-corrected chi connectivity index (χ0v) is 19.7. The number of nitrogens with one attached hydrogen (secondary N) is 2. The summed E-state index contributed by atoms with van der Waals surface area (Å²) in [6.45, 7) is 2.44. The Kier molecular flexibility index (Phi) is 6.43. The summed E-state index contributed by atoms with van der Waals surface area (Å²) in [6, 6.07) is 3.06. The van der Waals surface area contributed by atoms with Crippen LogP contribution in [0.3, 0.4) is 0 Å². The van der Waals surface area contributed by atoms with E-state index in [4.69, 9.17) is 16.7 Å². The van der Waals surface area contributed by atoms with E-state index < -0.39 is 16.1 Å². The predicted octanol–water partition coefficient (Wildman–Crippen LogP) is 3.26. The minimum Gasteiger partial charge on any atom is -0.337 e. The molecule has 4 rings (SSSR count). The van der Waals surface area contributed by atoms with Gasteiger partial charge in [-0.05, 0) is 37.8 Å². The van der Waals surface area contributed by atoms with Crippen molar-refractivity contribution in [3.05, 3.63) is 40.8 Å². The Morgan fingerprint density at radius 2 is 2.12 bits per heavy atom. The monoisotopic (exact) mass is 478 g/mol. The van der Waals surface area contributed by atoms with Gasteiger partial charge in [0.15, 0.2) is 0 Å². The van der Waals surface area contributed by atoms with Crippen molar-refractivity contribution in [1.29, 1.82) is 0 Å². The Morgan fingerprint density at radius 3 is 2.84 bits per heavy atom. The van der Waals surface area contributed by atoms with E-state index in [1.54, 1.807) is 10.9 Å². The zero-order valence-electron chi connectivity index (χ0n) is 18.1. The molecule has 0 saturated heterocycles.